The summed E-state index contributed by atoms with van der Waals surface area (Å²) >= 11 is 0. The number of nitrogens with zero attached hydrogens (tertiary/aromatic N) is 3. The van der Waals surface area contributed by atoms with Crippen LogP contribution < -0.4 is 16.1 Å². The molecule has 4 rings (SSSR count). The van der Waals surface area contributed by atoms with E-state index in [2.05, 4.69) is 35.5 Å². The Morgan fingerprint density at radius 3 is 2.69 bits per heavy atom. The molecule has 26 heavy (non-hydrogen) atoms. The van der Waals surface area contributed by atoms with E-state index in [1.54, 1.807) is 12.4 Å². The zero-order chi connectivity index (χ0) is 18.4. The first kappa shape index (κ1) is 16.2. The highest BCUT2D eigenvalue weighted by molar-refractivity contribution is 6.13. The van der Waals surface area contributed by atoms with Crippen molar-refractivity contribution in [3.63, 3.8) is 0 Å². The number of nitrogen functional groups attached to an aromatic ring is 1. The third kappa shape index (κ3) is 2.05. The largest absolute Gasteiger partial charge is 0.397 e. The SMILES string of the molecule is C=Cn1c2ccc3[nH]ncc3c2c(=O)c2c(N(CC)CC)ccc(N)c21. The molecule has 0 amide bonds. The van der Waals surface area contributed by atoms with Crippen molar-refractivity contribution in [2.75, 3.05) is 23.7 Å². The molecule has 2 heterocycles. The Kier molecular flexibility index (Phi) is 3.68. The molecule has 0 aliphatic heterocycles. The van der Waals surface area contributed by atoms with Gasteiger partial charge in [-0.3, -0.25) is 9.89 Å². The number of aromatic nitrogens is 3. The van der Waals surface area contributed by atoms with Crippen LogP contribution in [0, 0.1) is 0 Å². The van der Waals surface area contributed by atoms with Gasteiger partial charge in [-0.15, -0.1) is 0 Å². The molecular formula is C20H21N5O. The van der Waals surface area contributed by atoms with Gasteiger partial charge in [0, 0.05) is 24.7 Å². The quantitative estimate of drug-likeness (QED) is 0.437. The number of rotatable bonds is 4. The highest BCUT2D eigenvalue weighted by Crippen LogP contribution is 2.33. The Hall–Kier alpha value is -3.28. The third-order valence-electron chi connectivity index (χ3n) is 5.03. The summed E-state index contributed by atoms with van der Waals surface area (Å²) in [6, 6.07) is 7.61. The molecular weight excluding hydrogens is 326 g/mol. The molecule has 2 aromatic heterocycles. The molecule has 0 aliphatic rings. The lowest BCUT2D eigenvalue weighted by Gasteiger charge is -2.24. The maximum absolute atomic E-state index is 13.6. The van der Waals surface area contributed by atoms with E-state index in [1.807, 2.05) is 28.8 Å². The first-order chi connectivity index (χ1) is 12.6. The average molecular weight is 347 g/mol. The molecule has 0 fully saturated rings. The summed E-state index contributed by atoms with van der Waals surface area (Å²) in [5, 5.41) is 9.09. The van der Waals surface area contributed by atoms with Crippen LogP contribution in [0.3, 0.4) is 0 Å². The lowest BCUT2D eigenvalue weighted by Crippen LogP contribution is -2.24. The van der Waals surface area contributed by atoms with Crippen LogP contribution in [0.4, 0.5) is 11.4 Å². The van der Waals surface area contributed by atoms with Crippen LogP contribution in [-0.4, -0.2) is 27.9 Å². The van der Waals surface area contributed by atoms with Crippen LogP contribution in [0.2, 0.25) is 0 Å². The van der Waals surface area contributed by atoms with Gasteiger partial charge in [0.2, 0.25) is 0 Å². The molecule has 0 aliphatic carbocycles. The van der Waals surface area contributed by atoms with Crippen LogP contribution in [-0.2, 0) is 0 Å². The summed E-state index contributed by atoms with van der Waals surface area (Å²) in [7, 11) is 0. The van der Waals surface area contributed by atoms with Gasteiger partial charge in [-0.25, -0.2) is 0 Å². The summed E-state index contributed by atoms with van der Waals surface area (Å²) in [6.07, 6.45) is 3.40. The highest BCUT2D eigenvalue weighted by atomic mass is 16.1. The second kappa shape index (κ2) is 5.91. The van der Waals surface area contributed by atoms with Gasteiger partial charge in [-0.1, -0.05) is 6.58 Å². The lowest BCUT2D eigenvalue weighted by molar-refractivity contribution is 0.870. The maximum atomic E-state index is 13.6. The summed E-state index contributed by atoms with van der Waals surface area (Å²) in [6.45, 7) is 9.71. The molecule has 2 aromatic carbocycles. The zero-order valence-electron chi connectivity index (χ0n) is 14.9. The van der Waals surface area contributed by atoms with Crippen molar-refractivity contribution < 1.29 is 0 Å². The van der Waals surface area contributed by atoms with Crippen molar-refractivity contribution >= 4 is 50.3 Å². The molecule has 0 spiro atoms. The zero-order valence-corrected chi connectivity index (χ0v) is 14.9. The van der Waals surface area contributed by atoms with Gasteiger partial charge in [-0.2, -0.15) is 5.10 Å². The number of fused-ring (bicyclic) bond motifs is 4. The van der Waals surface area contributed by atoms with Gasteiger partial charge in [0.1, 0.15) is 0 Å². The van der Waals surface area contributed by atoms with E-state index >= 15 is 0 Å². The fourth-order valence-electron chi connectivity index (χ4n) is 3.79. The minimum Gasteiger partial charge on any atom is -0.397 e. The molecule has 6 heteroatoms. The van der Waals surface area contributed by atoms with Crippen molar-refractivity contribution in [1.82, 2.24) is 14.8 Å². The monoisotopic (exact) mass is 347 g/mol. The van der Waals surface area contributed by atoms with Crippen molar-refractivity contribution in [3.8, 4) is 0 Å². The maximum Gasteiger partial charge on any atom is 0.200 e. The van der Waals surface area contributed by atoms with Gasteiger partial charge in [0.15, 0.2) is 5.43 Å². The summed E-state index contributed by atoms with van der Waals surface area (Å²) in [4.78, 5) is 15.8. The second-order valence-corrected chi connectivity index (χ2v) is 6.24. The van der Waals surface area contributed by atoms with Crippen molar-refractivity contribution in [3.05, 3.63) is 47.3 Å². The van der Waals surface area contributed by atoms with Gasteiger partial charge in [0.25, 0.3) is 0 Å². The van der Waals surface area contributed by atoms with E-state index in [4.69, 9.17) is 5.73 Å². The molecule has 0 radical (unpaired) electrons. The Labute approximate surface area is 150 Å². The number of nitrogens with two attached hydrogens (primary N) is 1. The van der Waals surface area contributed by atoms with Gasteiger partial charge in [0.05, 0.1) is 44.9 Å². The van der Waals surface area contributed by atoms with Crippen molar-refractivity contribution in [1.29, 1.82) is 0 Å². The fraction of sp³-hybridized carbons (Fsp3) is 0.200. The number of benzene rings is 2. The first-order valence-electron chi connectivity index (χ1n) is 8.72. The first-order valence-corrected chi connectivity index (χ1v) is 8.72. The molecule has 132 valence electrons. The number of pyridine rings is 1. The third-order valence-corrected chi connectivity index (χ3v) is 5.03. The van der Waals surface area contributed by atoms with E-state index in [0.717, 1.165) is 35.2 Å². The Morgan fingerprint density at radius 2 is 2.00 bits per heavy atom. The van der Waals surface area contributed by atoms with Gasteiger partial charge < -0.3 is 15.2 Å². The fourth-order valence-corrected chi connectivity index (χ4v) is 3.79. The van der Waals surface area contributed by atoms with Crippen LogP contribution in [0.25, 0.3) is 38.9 Å². The van der Waals surface area contributed by atoms with Crippen molar-refractivity contribution in [2.24, 2.45) is 0 Å². The predicted molar refractivity (Wildman–Crippen MR) is 110 cm³/mol. The second-order valence-electron chi connectivity index (χ2n) is 6.24. The molecule has 0 saturated carbocycles. The Balaban J connectivity index is 2.34. The minimum absolute atomic E-state index is 0.0331. The standard InChI is InChI=1S/C20H21N5O/c1-4-24(5-2)15-9-7-13(21)19-18(15)20(26)17-12-11-22-23-14(12)8-10-16(17)25(19)6-3/h6-11H,3-5,21H2,1-2H3,(H,22,23). The van der Waals surface area contributed by atoms with E-state index in [-0.39, 0.29) is 5.43 Å². The number of nitrogens with one attached hydrogen (secondary N) is 1. The van der Waals surface area contributed by atoms with Crippen LogP contribution in [0.1, 0.15) is 13.8 Å². The van der Waals surface area contributed by atoms with Gasteiger partial charge in [-0.05, 0) is 38.1 Å². The summed E-state index contributed by atoms with van der Waals surface area (Å²) in [5.74, 6) is 0. The highest BCUT2D eigenvalue weighted by Gasteiger charge is 2.19. The molecule has 6 nitrogen and oxygen atoms in total. The van der Waals surface area contributed by atoms with E-state index in [9.17, 15) is 4.79 Å². The Bertz CT molecular complexity index is 1210. The lowest BCUT2D eigenvalue weighted by atomic mass is 10.0. The molecule has 0 atom stereocenters. The molecule has 3 N–H and O–H groups in total. The van der Waals surface area contributed by atoms with Crippen molar-refractivity contribution in [2.45, 2.75) is 13.8 Å². The van der Waals surface area contributed by atoms with E-state index < -0.39 is 0 Å². The molecule has 0 unspecified atom stereocenters. The number of hydrogen-bond donors (Lipinski definition) is 2. The Morgan fingerprint density at radius 1 is 1.23 bits per heavy atom. The molecule has 0 saturated heterocycles. The summed E-state index contributed by atoms with van der Waals surface area (Å²) in [5.41, 5.74) is 10.0. The van der Waals surface area contributed by atoms with Gasteiger partial charge >= 0.3 is 0 Å². The average Bonchev–Trinajstić information content (AvgIpc) is 3.13. The minimum atomic E-state index is -0.0331. The topological polar surface area (TPSA) is 79.9 Å². The van der Waals surface area contributed by atoms with Crippen LogP contribution in [0.5, 0.6) is 0 Å². The van der Waals surface area contributed by atoms with E-state index in [1.165, 1.54) is 0 Å². The normalized spacial score (nSPS) is 11.5. The van der Waals surface area contributed by atoms with Crippen LogP contribution in [0.15, 0.2) is 41.8 Å². The predicted octanol–water partition coefficient (Wildman–Crippen LogP) is 3.56. The smallest absolute Gasteiger partial charge is 0.200 e. The van der Waals surface area contributed by atoms with E-state index in [0.29, 0.717) is 22.0 Å². The molecule has 4 aromatic rings. The number of aromatic amines is 1. The number of anilines is 2. The number of H-pyrrole nitrogens is 1. The summed E-state index contributed by atoms with van der Waals surface area (Å²) < 4.78 is 1.90. The number of hydrogen-bond acceptors (Lipinski definition) is 4. The van der Waals surface area contributed by atoms with Crippen LogP contribution >= 0.6 is 0 Å². The molecule has 0 bridgehead atoms.